The highest BCUT2D eigenvalue weighted by Crippen LogP contribution is 2.29. The number of amides is 2. The van der Waals surface area contributed by atoms with Gasteiger partial charge < -0.3 is 15.4 Å². The number of carbonyl (C=O) groups excluding carboxylic acids is 2. The number of benzene rings is 2. The van der Waals surface area contributed by atoms with Crippen LogP contribution < -0.4 is 15.4 Å². The van der Waals surface area contributed by atoms with Crippen LogP contribution in [0.2, 0.25) is 5.02 Å². The Bertz CT molecular complexity index is 897. The second kappa shape index (κ2) is 8.07. The van der Waals surface area contributed by atoms with Crippen molar-refractivity contribution in [1.82, 2.24) is 5.32 Å². The van der Waals surface area contributed by atoms with Crippen molar-refractivity contribution >= 4 is 52.1 Å². The summed E-state index contributed by atoms with van der Waals surface area (Å²) in [4.78, 5) is 23.9. The Balaban J connectivity index is 1.66. The molecule has 0 radical (unpaired) electrons. The van der Waals surface area contributed by atoms with Gasteiger partial charge in [-0.15, -0.1) is 0 Å². The molecule has 2 amide bonds. The molecule has 2 aromatic carbocycles. The number of ether oxygens (including phenoxy) is 1. The van der Waals surface area contributed by atoms with Gasteiger partial charge in [0.1, 0.15) is 11.6 Å². The van der Waals surface area contributed by atoms with Crippen molar-refractivity contribution in [3.8, 4) is 5.75 Å². The monoisotopic (exact) mass is 387 g/mol. The Morgan fingerprint density at radius 3 is 2.65 bits per heavy atom. The van der Waals surface area contributed by atoms with Crippen LogP contribution in [0.4, 0.5) is 10.5 Å². The first-order valence-electron chi connectivity index (χ1n) is 7.58. The first-order chi connectivity index (χ1) is 12.5. The molecule has 1 fully saturated rings. The maximum Gasteiger partial charge on any atom is 0.289 e. The molecule has 3 N–H and O–H groups in total. The minimum Gasteiger partial charge on any atom is -0.483 e. The van der Waals surface area contributed by atoms with E-state index in [-0.39, 0.29) is 23.6 Å². The van der Waals surface area contributed by atoms with Crippen LogP contribution in [0, 0.1) is 5.41 Å². The maximum atomic E-state index is 12.0. The predicted octanol–water partition coefficient (Wildman–Crippen LogP) is 4.13. The molecule has 3 rings (SSSR count). The van der Waals surface area contributed by atoms with Crippen LogP contribution in [0.25, 0.3) is 6.08 Å². The summed E-state index contributed by atoms with van der Waals surface area (Å²) in [7, 11) is 0. The standard InChI is InChI=1S/C18H14ClN3O3S/c19-12-5-7-13(8-6-12)21-16(23)10-25-14-4-2-1-3-11(14)9-15-17(20)22-18(24)26-15/h1-9H,10H2,(H,21,23)(H2,20,22,24). The van der Waals surface area contributed by atoms with Gasteiger partial charge in [-0.05, 0) is 48.2 Å². The fourth-order valence-electron chi connectivity index (χ4n) is 2.19. The normalized spacial score (nSPS) is 15.0. The number of amidine groups is 1. The number of hydrogen-bond acceptors (Lipinski definition) is 5. The molecule has 6 nitrogen and oxygen atoms in total. The van der Waals surface area contributed by atoms with Crippen LogP contribution in [-0.2, 0) is 4.79 Å². The average Bonchev–Trinajstić information content (AvgIpc) is 2.93. The van der Waals surface area contributed by atoms with Gasteiger partial charge in [0.2, 0.25) is 0 Å². The second-order valence-corrected chi connectivity index (χ2v) is 6.73. The van der Waals surface area contributed by atoms with Gasteiger partial charge in [0, 0.05) is 16.3 Å². The Hall–Kier alpha value is -2.77. The van der Waals surface area contributed by atoms with Gasteiger partial charge >= 0.3 is 0 Å². The first-order valence-corrected chi connectivity index (χ1v) is 8.77. The minimum atomic E-state index is -0.311. The predicted molar refractivity (Wildman–Crippen MR) is 104 cm³/mol. The van der Waals surface area contributed by atoms with Gasteiger partial charge in [-0.3, -0.25) is 15.0 Å². The van der Waals surface area contributed by atoms with E-state index in [9.17, 15) is 9.59 Å². The zero-order chi connectivity index (χ0) is 18.5. The molecule has 132 valence electrons. The molecule has 1 aliphatic rings. The van der Waals surface area contributed by atoms with Crippen LogP contribution in [-0.4, -0.2) is 23.6 Å². The number of thioether (sulfide) groups is 1. The lowest BCUT2D eigenvalue weighted by Crippen LogP contribution is -2.20. The summed E-state index contributed by atoms with van der Waals surface area (Å²) in [6, 6.07) is 13.9. The molecule has 1 saturated heterocycles. The number of halogens is 1. The summed E-state index contributed by atoms with van der Waals surface area (Å²) in [5.41, 5.74) is 1.30. The first kappa shape index (κ1) is 18.0. The summed E-state index contributed by atoms with van der Waals surface area (Å²) in [6.07, 6.45) is 1.68. The number of carbonyl (C=O) groups is 2. The lowest BCUT2D eigenvalue weighted by Gasteiger charge is -2.10. The van der Waals surface area contributed by atoms with Gasteiger partial charge in [-0.25, -0.2) is 0 Å². The smallest absolute Gasteiger partial charge is 0.289 e. The summed E-state index contributed by atoms with van der Waals surface area (Å²) in [6.45, 7) is -0.176. The number of anilines is 1. The molecule has 0 unspecified atom stereocenters. The molecular weight excluding hydrogens is 374 g/mol. The van der Waals surface area contributed by atoms with Gasteiger partial charge in [0.15, 0.2) is 6.61 Å². The number of para-hydroxylation sites is 1. The van der Waals surface area contributed by atoms with Crippen LogP contribution >= 0.6 is 23.4 Å². The van der Waals surface area contributed by atoms with E-state index >= 15 is 0 Å². The molecule has 1 aliphatic heterocycles. The molecule has 0 spiro atoms. The van der Waals surface area contributed by atoms with Gasteiger partial charge in [0.05, 0.1) is 4.91 Å². The third kappa shape index (κ3) is 4.65. The highest BCUT2D eigenvalue weighted by atomic mass is 35.5. The molecule has 0 aliphatic carbocycles. The molecule has 0 aromatic heterocycles. The Morgan fingerprint density at radius 2 is 1.96 bits per heavy atom. The maximum absolute atomic E-state index is 12.0. The molecule has 0 saturated carbocycles. The van der Waals surface area contributed by atoms with E-state index in [0.29, 0.717) is 26.9 Å². The zero-order valence-electron chi connectivity index (χ0n) is 13.4. The summed E-state index contributed by atoms with van der Waals surface area (Å²) < 4.78 is 5.60. The third-order valence-corrected chi connectivity index (χ3v) is 4.45. The van der Waals surface area contributed by atoms with E-state index < -0.39 is 0 Å². The van der Waals surface area contributed by atoms with E-state index in [1.54, 1.807) is 48.5 Å². The largest absolute Gasteiger partial charge is 0.483 e. The summed E-state index contributed by atoms with van der Waals surface area (Å²) in [5, 5.41) is 13.2. The third-order valence-electron chi connectivity index (χ3n) is 3.37. The Kier molecular flexibility index (Phi) is 5.60. The molecule has 2 aromatic rings. The minimum absolute atomic E-state index is 0.0512. The van der Waals surface area contributed by atoms with Crippen molar-refractivity contribution in [1.29, 1.82) is 5.41 Å². The van der Waals surface area contributed by atoms with Crippen molar-refractivity contribution in [3.05, 3.63) is 64.0 Å². The molecule has 0 atom stereocenters. The molecule has 8 heteroatoms. The van der Waals surface area contributed by atoms with E-state index in [0.717, 1.165) is 11.8 Å². The molecular formula is C18H14ClN3O3S. The van der Waals surface area contributed by atoms with Crippen LogP contribution in [0.1, 0.15) is 5.56 Å². The van der Waals surface area contributed by atoms with Crippen molar-refractivity contribution in [2.75, 3.05) is 11.9 Å². The van der Waals surface area contributed by atoms with E-state index in [1.165, 1.54) is 0 Å². The Morgan fingerprint density at radius 1 is 1.23 bits per heavy atom. The van der Waals surface area contributed by atoms with Crippen LogP contribution in [0.5, 0.6) is 5.75 Å². The number of nitrogens with one attached hydrogen (secondary N) is 3. The highest BCUT2D eigenvalue weighted by molar-refractivity contribution is 8.18. The SMILES string of the molecule is N=C1NC(=O)SC1=Cc1ccccc1OCC(=O)Nc1ccc(Cl)cc1. The van der Waals surface area contributed by atoms with Gasteiger partial charge in [0.25, 0.3) is 11.1 Å². The van der Waals surface area contributed by atoms with Gasteiger partial charge in [-0.2, -0.15) is 0 Å². The van der Waals surface area contributed by atoms with Gasteiger partial charge in [-0.1, -0.05) is 29.8 Å². The molecule has 1 heterocycles. The highest BCUT2D eigenvalue weighted by Gasteiger charge is 2.22. The summed E-state index contributed by atoms with van der Waals surface area (Å²) in [5.74, 6) is 0.226. The number of rotatable bonds is 5. The van der Waals surface area contributed by atoms with Crippen molar-refractivity contribution in [3.63, 3.8) is 0 Å². The van der Waals surface area contributed by atoms with E-state index in [4.69, 9.17) is 21.7 Å². The van der Waals surface area contributed by atoms with Crippen molar-refractivity contribution < 1.29 is 14.3 Å². The average molecular weight is 388 g/mol. The zero-order valence-corrected chi connectivity index (χ0v) is 15.0. The van der Waals surface area contributed by atoms with E-state index in [1.807, 2.05) is 6.07 Å². The van der Waals surface area contributed by atoms with E-state index in [2.05, 4.69) is 10.6 Å². The number of hydrogen-bond donors (Lipinski definition) is 3. The Labute approximate surface area is 159 Å². The second-order valence-electron chi connectivity index (χ2n) is 5.28. The quantitative estimate of drug-likeness (QED) is 0.719. The lowest BCUT2D eigenvalue weighted by molar-refractivity contribution is -0.118. The fourth-order valence-corrected chi connectivity index (χ4v) is 3.01. The van der Waals surface area contributed by atoms with Crippen molar-refractivity contribution in [2.24, 2.45) is 0 Å². The van der Waals surface area contributed by atoms with Crippen LogP contribution in [0.3, 0.4) is 0 Å². The molecule has 26 heavy (non-hydrogen) atoms. The topological polar surface area (TPSA) is 91.3 Å². The van der Waals surface area contributed by atoms with Crippen LogP contribution in [0.15, 0.2) is 53.4 Å². The molecule has 0 bridgehead atoms. The lowest BCUT2D eigenvalue weighted by atomic mass is 10.2. The summed E-state index contributed by atoms with van der Waals surface area (Å²) >= 11 is 6.76. The van der Waals surface area contributed by atoms with Crippen molar-refractivity contribution in [2.45, 2.75) is 0 Å². The fraction of sp³-hybridized carbons (Fsp3) is 0.0556.